The van der Waals surface area contributed by atoms with E-state index in [2.05, 4.69) is 0 Å². The number of hydrogen-bond acceptors (Lipinski definition) is 4. The highest BCUT2D eigenvalue weighted by molar-refractivity contribution is 7.08. The Morgan fingerprint density at radius 3 is 2.48 bits per heavy atom. The lowest BCUT2D eigenvalue weighted by Crippen LogP contribution is -2.48. The van der Waals surface area contributed by atoms with Gasteiger partial charge < -0.3 is 15.5 Å². The van der Waals surface area contributed by atoms with Crippen molar-refractivity contribution in [1.82, 2.24) is 9.80 Å². The van der Waals surface area contributed by atoms with Crippen LogP contribution in [-0.4, -0.2) is 53.8 Å². The normalized spacial score (nSPS) is 31.6. The average Bonchev–Trinajstić information content (AvgIpc) is 3.28. The van der Waals surface area contributed by atoms with Gasteiger partial charge in [-0.2, -0.15) is 11.3 Å². The molecule has 2 aliphatic carbocycles. The summed E-state index contributed by atoms with van der Waals surface area (Å²) in [6.07, 6.45) is 4.33. The zero-order valence-corrected chi connectivity index (χ0v) is 15.9. The van der Waals surface area contributed by atoms with Gasteiger partial charge in [0.15, 0.2) is 0 Å². The van der Waals surface area contributed by atoms with Crippen molar-refractivity contribution >= 4 is 35.6 Å². The largest absolute Gasteiger partial charge is 0.341 e. The Morgan fingerprint density at radius 1 is 1.08 bits per heavy atom. The fourth-order valence-electron chi connectivity index (χ4n) is 4.82. The fourth-order valence-corrected chi connectivity index (χ4v) is 5.45. The number of carbonyl (C=O) groups excluding carboxylic acids is 2. The van der Waals surface area contributed by atoms with Gasteiger partial charge in [-0.1, -0.05) is 0 Å². The van der Waals surface area contributed by atoms with Crippen LogP contribution in [0.5, 0.6) is 0 Å². The van der Waals surface area contributed by atoms with Crippen molar-refractivity contribution in [3.05, 3.63) is 22.4 Å². The molecule has 0 aromatic carbocycles. The van der Waals surface area contributed by atoms with Crippen LogP contribution in [0.15, 0.2) is 16.8 Å². The van der Waals surface area contributed by atoms with Crippen LogP contribution in [0.2, 0.25) is 0 Å². The van der Waals surface area contributed by atoms with Crippen molar-refractivity contribution in [1.29, 1.82) is 0 Å². The Balaban J connectivity index is 0.00000182. The SMILES string of the molecule is Cl.NC1C2CCC(C2)C1C(=O)N1CCCN(C(=O)c2ccsc2)CC1. The highest BCUT2D eigenvalue weighted by atomic mass is 35.5. The van der Waals surface area contributed by atoms with Gasteiger partial charge in [0.1, 0.15) is 0 Å². The minimum atomic E-state index is 0. The molecular weight excluding hydrogens is 358 g/mol. The Morgan fingerprint density at radius 2 is 1.80 bits per heavy atom. The molecule has 138 valence electrons. The first kappa shape index (κ1) is 18.7. The van der Waals surface area contributed by atoms with Crippen molar-refractivity contribution in [2.24, 2.45) is 23.5 Å². The molecule has 0 spiro atoms. The number of fused-ring (bicyclic) bond motifs is 2. The van der Waals surface area contributed by atoms with Crippen LogP contribution in [0.4, 0.5) is 0 Å². The average molecular weight is 384 g/mol. The first-order valence-corrected chi connectivity index (χ1v) is 9.95. The number of carbonyl (C=O) groups is 2. The number of rotatable bonds is 2. The molecule has 1 aromatic heterocycles. The quantitative estimate of drug-likeness (QED) is 0.851. The van der Waals surface area contributed by atoms with Gasteiger partial charge in [-0.25, -0.2) is 0 Å². The summed E-state index contributed by atoms with van der Waals surface area (Å²) in [6.45, 7) is 2.72. The molecule has 25 heavy (non-hydrogen) atoms. The van der Waals surface area contributed by atoms with Gasteiger partial charge in [-0.3, -0.25) is 9.59 Å². The van der Waals surface area contributed by atoms with E-state index < -0.39 is 0 Å². The molecule has 0 radical (unpaired) electrons. The predicted octanol–water partition coefficient (Wildman–Crippen LogP) is 2.22. The molecule has 2 saturated carbocycles. The molecule has 2 heterocycles. The van der Waals surface area contributed by atoms with Crippen LogP contribution in [0.3, 0.4) is 0 Å². The van der Waals surface area contributed by atoms with Crippen LogP contribution >= 0.6 is 23.7 Å². The second-order valence-electron chi connectivity index (χ2n) is 7.42. The van der Waals surface area contributed by atoms with Crippen molar-refractivity contribution in [3.63, 3.8) is 0 Å². The molecule has 4 atom stereocenters. The highest BCUT2D eigenvalue weighted by Crippen LogP contribution is 2.48. The standard InChI is InChI=1S/C18H25N3O2S.ClH/c19-16-13-3-2-12(10-13)15(16)18(23)21-6-1-5-20(7-8-21)17(22)14-4-9-24-11-14;/h4,9,11-13,15-16H,1-3,5-8,10,19H2;1H. The van der Waals surface area contributed by atoms with Crippen LogP contribution in [0.1, 0.15) is 36.0 Å². The van der Waals surface area contributed by atoms with Crippen LogP contribution < -0.4 is 5.73 Å². The summed E-state index contributed by atoms with van der Waals surface area (Å²) in [6, 6.07) is 1.91. The summed E-state index contributed by atoms with van der Waals surface area (Å²) in [7, 11) is 0. The van der Waals surface area contributed by atoms with Gasteiger partial charge >= 0.3 is 0 Å². The third-order valence-corrected chi connectivity index (χ3v) is 6.81. The van der Waals surface area contributed by atoms with Crippen molar-refractivity contribution in [2.45, 2.75) is 31.7 Å². The Hall–Kier alpha value is -1.11. The number of nitrogens with two attached hydrogens (primary N) is 1. The molecule has 2 amide bonds. The van der Waals surface area contributed by atoms with Gasteiger partial charge in [0, 0.05) is 37.6 Å². The van der Waals surface area contributed by atoms with Gasteiger partial charge in [0.2, 0.25) is 5.91 Å². The number of nitrogens with zero attached hydrogens (tertiary/aromatic N) is 2. The number of hydrogen-bond donors (Lipinski definition) is 1. The smallest absolute Gasteiger partial charge is 0.254 e. The Bertz CT molecular complexity index is 622. The van der Waals surface area contributed by atoms with Gasteiger partial charge in [-0.05, 0) is 49.0 Å². The molecule has 2 bridgehead atoms. The molecular formula is C18H26ClN3O2S. The van der Waals surface area contributed by atoms with Crippen LogP contribution in [0.25, 0.3) is 0 Å². The highest BCUT2D eigenvalue weighted by Gasteiger charge is 2.50. The Kier molecular flexibility index (Phi) is 5.71. The zero-order chi connectivity index (χ0) is 16.7. The van der Waals surface area contributed by atoms with E-state index in [1.807, 2.05) is 26.6 Å². The van der Waals surface area contributed by atoms with Gasteiger partial charge in [-0.15, -0.1) is 12.4 Å². The molecule has 2 N–H and O–H groups in total. The minimum Gasteiger partial charge on any atom is -0.341 e. The number of thiophene rings is 1. The molecule has 4 rings (SSSR count). The molecule has 5 nitrogen and oxygen atoms in total. The lowest BCUT2D eigenvalue weighted by Gasteiger charge is -2.32. The molecule has 1 aromatic rings. The minimum absolute atomic E-state index is 0. The van der Waals surface area contributed by atoms with E-state index >= 15 is 0 Å². The van der Waals surface area contributed by atoms with E-state index in [1.165, 1.54) is 6.42 Å². The molecule has 3 fully saturated rings. The van der Waals surface area contributed by atoms with E-state index in [0.29, 0.717) is 24.9 Å². The molecule has 1 saturated heterocycles. The molecule has 7 heteroatoms. The van der Waals surface area contributed by atoms with E-state index in [9.17, 15) is 9.59 Å². The number of amides is 2. The lowest BCUT2D eigenvalue weighted by atomic mass is 9.84. The predicted molar refractivity (Wildman–Crippen MR) is 101 cm³/mol. The van der Waals surface area contributed by atoms with E-state index in [4.69, 9.17) is 5.73 Å². The van der Waals surface area contributed by atoms with E-state index in [1.54, 1.807) is 11.3 Å². The van der Waals surface area contributed by atoms with Crippen molar-refractivity contribution in [3.8, 4) is 0 Å². The van der Waals surface area contributed by atoms with Crippen LogP contribution in [0, 0.1) is 17.8 Å². The van der Waals surface area contributed by atoms with Gasteiger partial charge in [0.25, 0.3) is 5.91 Å². The third-order valence-electron chi connectivity index (χ3n) is 6.13. The second-order valence-corrected chi connectivity index (χ2v) is 8.20. The summed E-state index contributed by atoms with van der Waals surface area (Å²) < 4.78 is 0. The summed E-state index contributed by atoms with van der Waals surface area (Å²) in [5.41, 5.74) is 7.10. The summed E-state index contributed by atoms with van der Waals surface area (Å²) in [4.78, 5) is 29.4. The Labute approximate surface area is 158 Å². The van der Waals surface area contributed by atoms with Crippen LogP contribution in [-0.2, 0) is 4.79 Å². The lowest BCUT2D eigenvalue weighted by molar-refractivity contribution is -0.137. The maximum atomic E-state index is 13.0. The van der Waals surface area contributed by atoms with Gasteiger partial charge in [0.05, 0.1) is 11.5 Å². The first-order chi connectivity index (χ1) is 11.6. The summed E-state index contributed by atoms with van der Waals surface area (Å²) in [5, 5.41) is 3.82. The van der Waals surface area contributed by atoms with E-state index in [0.717, 1.165) is 37.9 Å². The summed E-state index contributed by atoms with van der Waals surface area (Å²) in [5.74, 6) is 1.38. The monoisotopic (exact) mass is 383 g/mol. The molecule has 1 aliphatic heterocycles. The van der Waals surface area contributed by atoms with Crippen molar-refractivity contribution in [2.75, 3.05) is 26.2 Å². The molecule has 3 aliphatic rings. The topological polar surface area (TPSA) is 66.6 Å². The molecule has 4 unspecified atom stereocenters. The second kappa shape index (κ2) is 7.64. The van der Waals surface area contributed by atoms with Crippen molar-refractivity contribution < 1.29 is 9.59 Å². The third kappa shape index (κ3) is 3.44. The zero-order valence-electron chi connectivity index (χ0n) is 14.3. The first-order valence-electron chi connectivity index (χ1n) is 9.01. The maximum absolute atomic E-state index is 13.0. The maximum Gasteiger partial charge on any atom is 0.254 e. The summed E-state index contributed by atoms with van der Waals surface area (Å²) >= 11 is 1.54. The van der Waals surface area contributed by atoms with E-state index in [-0.39, 0.29) is 36.2 Å². The fraction of sp³-hybridized carbons (Fsp3) is 0.667. The number of halogens is 1.